The van der Waals surface area contributed by atoms with Crippen LogP contribution in [-0.2, 0) is 25.5 Å². The summed E-state index contributed by atoms with van der Waals surface area (Å²) in [5.74, 6) is -1.72. The highest BCUT2D eigenvalue weighted by Crippen LogP contribution is 2.28. The van der Waals surface area contributed by atoms with E-state index in [1.807, 2.05) is 48.5 Å². The zero-order chi connectivity index (χ0) is 21.7. The Morgan fingerprint density at radius 1 is 0.967 bits per heavy atom. The number of carbonyl (C=O) groups is 3. The largest absolute Gasteiger partial charge is 0.460 e. The molecular formula is C22H23N3O4S. The fourth-order valence-electron chi connectivity index (χ4n) is 2.73. The van der Waals surface area contributed by atoms with Gasteiger partial charge in [-0.2, -0.15) is 0 Å². The summed E-state index contributed by atoms with van der Waals surface area (Å²) < 4.78 is 6.04. The van der Waals surface area contributed by atoms with Crippen LogP contribution in [0, 0.1) is 0 Å². The first-order valence-corrected chi connectivity index (χ1v) is 10.3. The number of nitrogens with zero attached hydrogens (tertiary/aromatic N) is 1. The van der Waals surface area contributed by atoms with Gasteiger partial charge in [-0.15, -0.1) is 11.3 Å². The molecule has 3 aromatic rings. The summed E-state index contributed by atoms with van der Waals surface area (Å²) in [5.41, 5.74) is 6.86. The Labute approximate surface area is 178 Å². The Balaban J connectivity index is 1.55. The number of hydrogen-bond acceptors (Lipinski definition) is 6. The van der Waals surface area contributed by atoms with Gasteiger partial charge >= 0.3 is 5.97 Å². The van der Waals surface area contributed by atoms with Crippen molar-refractivity contribution in [2.45, 2.75) is 39.2 Å². The van der Waals surface area contributed by atoms with E-state index in [0.29, 0.717) is 5.01 Å². The van der Waals surface area contributed by atoms with E-state index in [9.17, 15) is 14.4 Å². The molecule has 2 aromatic carbocycles. The van der Waals surface area contributed by atoms with E-state index >= 15 is 0 Å². The van der Waals surface area contributed by atoms with Gasteiger partial charge in [-0.05, 0) is 44.0 Å². The van der Waals surface area contributed by atoms with Gasteiger partial charge in [0, 0.05) is 0 Å². The Bertz CT molecular complexity index is 1070. The minimum Gasteiger partial charge on any atom is -0.460 e. The molecule has 156 valence electrons. The van der Waals surface area contributed by atoms with Crippen LogP contribution in [0.15, 0.2) is 48.5 Å². The maximum absolute atomic E-state index is 12.1. The van der Waals surface area contributed by atoms with Crippen molar-refractivity contribution in [2.75, 3.05) is 0 Å². The number of nitrogens with one attached hydrogen (secondary N) is 2. The summed E-state index contributed by atoms with van der Waals surface area (Å²) in [7, 11) is 0. The molecule has 1 aromatic heterocycles. The van der Waals surface area contributed by atoms with E-state index in [2.05, 4.69) is 15.8 Å². The molecule has 0 radical (unpaired) electrons. The average molecular weight is 426 g/mol. The lowest BCUT2D eigenvalue weighted by atomic mass is 10.1. The molecule has 0 fully saturated rings. The van der Waals surface area contributed by atoms with Gasteiger partial charge in [0.25, 0.3) is 0 Å². The number of fused-ring (bicyclic) bond motifs is 1. The van der Waals surface area contributed by atoms with E-state index in [4.69, 9.17) is 4.74 Å². The highest BCUT2D eigenvalue weighted by Gasteiger charge is 2.19. The van der Waals surface area contributed by atoms with Crippen molar-refractivity contribution in [1.82, 2.24) is 15.8 Å². The molecule has 7 nitrogen and oxygen atoms in total. The molecule has 0 saturated heterocycles. The molecule has 0 saturated carbocycles. The van der Waals surface area contributed by atoms with Crippen molar-refractivity contribution >= 4 is 39.3 Å². The third kappa shape index (κ3) is 6.12. The zero-order valence-corrected chi connectivity index (χ0v) is 17.8. The maximum Gasteiger partial charge on any atom is 0.315 e. The number of hydrazine groups is 1. The second-order valence-electron chi connectivity index (χ2n) is 7.69. The monoisotopic (exact) mass is 425 g/mol. The Morgan fingerprint density at radius 3 is 2.37 bits per heavy atom. The number of carbonyl (C=O) groups excluding carboxylic acids is 3. The minimum absolute atomic E-state index is 0.0206. The first-order chi connectivity index (χ1) is 14.2. The third-order valence-electron chi connectivity index (χ3n) is 3.92. The van der Waals surface area contributed by atoms with Crippen LogP contribution in [0.2, 0.25) is 0 Å². The van der Waals surface area contributed by atoms with Gasteiger partial charge in [-0.3, -0.25) is 25.2 Å². The Morgan fingerprint density at radius 2 is 1.67 bits per heavy atom. The molecule has 0 aliphatic rings. The molecular weight excluding hydrogens is 402 g/mol. The average Bonchev–Trinajstić information content (AvgIpc) is 3.06. The highest BCUT2D eigenvalue weighted by molar-refractivity contribution is 7.18. The van der Waals surface area contributed by atoms with E-state index in [1.54, 1.807) is 20.8 Å². The van der Waals surface area contributed by atoms with Gasteiger partial charge < -0.3 is 4.74 Å². The zero-order valence-electron chi connectivity index (χ0n) is 17.0. The number of rotatable bonds is 5. The second kappa shape index (κ2) is 9.04. The standard InChI is InChI=1S/C22H23N3O4S/c1-22(2,3)29-21(28)13-19(27)25-24-18(26)12-20-23-16-10-9-15(11-17(16)30-20)14-7-5-4-6-8-14/h4-11H,12-13H2,1-3H3,(H,24,26)(H,25,27). The topological polar surface area (TPSA) is 97.4 Å². The molecule has 0 unspecified atom stereocenters. The number of aromatic nitrogens is 1. The Kier molecular flexibility index (Phi) is 6.47. The predicted molar refractivity (Wildman–Crippen MR) is 116 cm³/mol. The van der Waals surface area contributed by atoms with Crippen LogP contribution in [0.25, 0.3) is 21.3 Å². The number of benzene rings is 2. The first kappa shape index (κ1) is 21.4. The lowest BCUT2D eigenvalue weighted by molar-refractivity contribution is -0.156. The molecule has 1 heterocycles. The molecule has 0 aliphatic heterocycles. The number of amides is 2. The van der Waals surface area contributed by atoms with Gasteiger partial charge in [0.05, 0.1) is 16.6 Å². The molecule has 3 rings (SSSR count). The van der Waals surface area contributed by atoms with Crippen molar-refractivity contribution in [2.24, 2.45) is 0 Å². The van der Waals surface area contributed by atoms with Crippen LogP contribution in [0.5, 0.6) is 0 Å². The quantitative estimate of drug-likeness (QED) is 0.371. The van der Waals surface area contributed by atoms with Gasteiger partial charge in [0.2, 0.25) is 11.8 Å². The molecule has 0 spiro atoms. The SMILES string of the molecule is CC(C)(C)OC(=O)CC(=O)NNC(=O)Cc1nc2ccc(-c3ccccc3)cc2s1. The molecule has 8 heteroatoms. The van der Waals surface area contributed by atoms with Gasteiger partial charge in [-0.25, -0.2) is 4.98 Å². The van der Waals surface area contributed by atoms with Gasteiger partial charge in [0.15, 0.2) is 0 Å². The van der Waals surface area contributed by atoms with Crippen molar-refractivity contribution < 1.29 is 19.1 Å². The number of hydrogen-bond donors (Lipinski definition) is 2. The van der Waals surface area contributed by atoms with Crippen LogP contribution in [0.1, 0.15) is 32.2 Å². The van der Waals surface area contributed by atoms with Crippen molar-refractivity contribution in [3.8, 4) is 11.1 Å². The summed E-state index contributed by atoms with van der Waals surface area (Å²) in [6.45, 7) is 5.14. The fraction of sp³-hybridized carbons (Fsp3) is 0.273. The first-order valence-electron chi connectivity index (χ1n) is 9.44. The second-order valence-corrected chi connectivity index (χ2v) is 8.81. The smallest absolute Gasteiger partial charge is 0.315 e. The van der Waals surface area contributed by atoms with E-state index in [0.717, 1.165) is 21.3 Å². The van der Waals surface area contributed by atoms with Gasteiger partial charge in [-0.1, -0.05) is 36.4 Å². The van der Waals surface area contributed by atoms with Crippen LogP contribution in [0.3, 0.4) is 0 Å². The van der Waals surface area contributed by atoms with Crippen LogP contribution in [0.4, 0.5) is 0 Å². The lowest BCUT2D eigenvalue weighted by Crippen LogP contribution is -2.43. The van der Waals surface area contributed by atoms with E-state index in [-0.39, 0.29) is 6.42 Å². The molecule has 0 aliphatic carbocycles. The van der Waals surface area contributed by atoms with Gasteiger partial charge in [0.1, 0.15) is 17.0 Å². The molecule has 2 amide bonds. The number of ether oxygens (including phenoxy) is 1. The van der Waals surface area contributed by atoms with Crippen molar-refractivity contribution in [1.29, 1.82) is 0 Å². The lowest BCUT2D eigenvalue weighted by Gasteiger charge is -2.19. The molecule has 2 N–H and O–H groups in total. The normalized spacial score (nSPS) is 11.2. The maximum atomic E-state index is 12.1. The fourth-order valence-corrected chi connectivity index (χ4v) is 3.74. The number of esters is 1. The predicted octanol–water partition coefficient (Wildman–Crippen LogP) is 3.39. The summed E-state index contributed by atoms with van der Waals surface area (Å²) in [6, 6.07) is 16.0. The van der Waals surface area contributed by atoms with E-state index < -0.39 is 29.8 Å². The summed E-state index contributed by atoms with van der Waals surface area (Å²) in [4.78, 5) is 40.0. The molecule has 0 bridgehead atoms. The number of thiazole rings is 1. The van der Waals surface area contributed by atoms with Crippen LogP contribution < -0.4 is 10.9 Å². The van der Waals surface area contributed by atoms with Crippen molar-refractivity contribution in [3.05, 3.63) is 53.5 Å². The van der Waals surface area contributed by atoms with Crippen LogP contribution >= 0.6 is 11.3 Å². The minimum atomic E-state index is -0.673. The summed E-state index contributed by atoms with van der Waals surface area (Å²) in [5, 5.41) is 0.633. The Hall–Kier alpha value is -3.26. The highest BCUT2D eigenvalue weighted by atomic mass is 32.1. The van der Waals surface area contributed by atoms with Crippen molar-refractivity contribution in [3.63, 3.8) is 0 Å². The summed E-state index contributed by atoms with van der Waals surface area (Å²) >= 11 is 1.43. The summed E-state index contributed by atoms with van der Waals surface area (Å²) in [6.07, 6.45) is -0.451. The van der Waals surface area contributed by atoms with E-state index in [1.165, 1.54) is 11.3 Å². The molecule has 0 atom stereocenters. The van der Waals surface area contributed by atoms with Crippen LogP contribution in [-0.4, -0.2) is 28.4 Å². The molecule has 30 heavy (non-hydrogen) atoms. The third-order valence-corrected chi connectivity index (χ3v) is 4.94.